The fraction of sp³-hybridized carbons (Fsp3) is 0.0968. The summed E-state index contributed by atoms with van der Waals surface area (Å²) in [5, 5.41) is 7.10. The number of carbonyl (C=O) groups excluding carboxylic acids is 1. The van der Waals surface area contributed by atoms with Gasteiger partial charge in [0.2, 0.25) is 0 Å². The van der Waals surface area contributed by atoms with Crippen molar-refractivity contribution < 1.29 is 31.8 Å². The Labute approximate surface area is 255 Å². The van der Waals surface area contributed by atoms with Crippen LogP contribution in [0.15, 0.2) is 99.3 Å². The zero-order chi connectivity index (χ0) is 31.4. The molecule has 0 radical (unpaired) electrons. The second-order valence-electron chi connectivity index (χ2n) is 9.26. The molecule has 5 rings (SSSR count). The lowest BCUT2D eigenvalue weighted by Gasteiger charge is -2.15. The van der Waals surface area contributed by atoms with Gasteiger partial charge in [0, 0.05) is 21.3 Å². The van der Waals surface area contributed by atoms with Gasteiger partial charge in [0.05, 0.1) is 29.8 Å². The summed E-state index contributed by atoms with van der Waals surface area (Å²) >= 11 is 3.37. The molecule has 13 heteroatoms. The number of aromatic nitrogens is 2. The molecule has 44 heavy (non-hydrogen) atoms. The number of benzene rings is 4. The van der Waals surface area contributed by atoms with E-state index in [1.54, 1.807) is 30.3 Å². The molecule has 1 amide bonds. The van der Waals surface area contributed by atoms with Crippen LogP contribution in [-0.4, -0.2) is 35.5 Å². The number of alkyl halides is 3. The normalized spacial score (nSPS) is 11.6. The lowest BCUT2D eigenvalue weighted by molar-refractivity contribution is -0.137. The lowest BCUT2D eigenvalue weighted by Crippen LogP contribution is -2.21. The first-order valence-corrected chi connectivity index (χ1v) is 13.6. The molecule has 0 aliphatic heterocycles. The number of methoxy groups -OCH3 is 1. The number of fused-ring (bicyclic) bond motifs is 1. The third-order valence-corrected chi connectivity index (χ3v) is 6.72. The molecule has 0 saturated heterocycles. The van der Waals surface area contributed by atoms with E-state index in [0.29, 0.717) is 10.2 Å². The Hall–Kier alpha value is -5.04. The van der Waals surface area contributed by atoms with Gasteiger partial charge < -0.3 is 14.8 Å². The Morgan fingerprint density at radius 2 is 1.80 bits per heavy atom. The van der Waals surface area contributed by atoms with Crippen LogP contribution in [0.4, 0.5) is 23.2 Å². The second-order valence-corrected chi connectivity index (χ2v) is 10.2. The third-order valence-electron chi connectivity index (χ3n) is 6.26. The van der Waals surface area contributed by atoms with E-state index in [-0.39, 0.29) is 39.4 Å². The lowest BCUT2D eigenvalue weighted by atomic mass is 10.1. The predicted octanol–water partition coefficient (Wildman–Crippen LogP) is 6.89. The quantitative estimate of drug-likeness (QED) is 0.144. The summed E-state index contributed by atoms with van der Waals surface area (Å²) in [6.45, 7) is -0.469. The van der Waals surface area contributed by atoms with Crippen molar-refractivity contribution in [1.82, 2.24) is 9.66 Å². The van der Waals surface area contributed by atoms with Crippen LogP contribution in [0.25, 0.3) is 22.3 Å². The van der Waals surface area contributed by atoms with Crippen molar-refractivity contribution in [1.29, 1.82) is 0 Å². The number of amides is 1. The van der Waals surface area contributed by atoms with Crippen molar-refractivity contribution >= 4 is 44.6 Å². The molecule has 0 bridgehead atoms. The molecule has 8 nitrogen and oxygen atoms in total. The zero-order valence-electron chi connectivity index (χ0n) is 22.7. The molecular formula is C31H21BrF4N4O4. The highest BCUT2D eigenvalue weighted by Gasteiger charge is 2.31. The maximum absolute atomic E-state index is 13.6. The van der Waals surface area contributed by atoms with Gasteiger partial charge in [0.1, 0.15) is 5.82 Å². The van der Waals surface area contributed by atoms with Crippen LogP contribution >= 0.6 is 15.9 Å². The van der Waals surface area contributed by atoms with Crippen LogP contribution in [0.3, 0.4) is 0 Å². The molecular weight excluding hydrogens is 648 g/mol. The van der Waals surface area contributed by atoms with E-state index in [4.69, 9.17) is 9.47 Å². The van der Waals surface area contributed by atoms with Gasteiger partial charge in [-0.15, -0.1) is 0 Å². The Balaban J connectivity index is 1.55. The first kappa shape index (κ1) is 30.4. The Morgan fingerprint density at radius 3 is 2.52 bits per heavy atom. The minimum Gasteiger partial charge on any atom is -0.493 e. The van der Waals surface area contributed by atoms with Crippen molar-refractivity contribution in [2.45, 2.75) is 6.18 Å². The molecule has 0 atom stereocenters. The molecule has 0 unspecified atom stereocenters. The average molecular weight is 669 g/mol. The number of hydrogen-bond donors (Lipinski definition) is 1. The summed E-state index contributed by atoms with van der Waals surface area (Å²) in [6, 6.07) is 19.2. The van der Waals surface area contributed by atoms with Gasteiger partial charge in [-0.1, -0.05) is 40.2 Å². The number of nitrogens with zero attached hydrogens (tertiary/aromatic N) is 3. The number of halogens is 5. The van der Waals surface area contributed by atoms with Gasteiger partial charge in [-0.25, -0.2) is 9.37 Å². The minimum absolute atomic E-state index is 0.0144. The van der Waals surface area contributed by atoms with Crippen LogP contribution in [-0.2, 0) is 11.0 Å². The molecule has 224 valence electrons. The van der Waals surface area contributed by atoms with E-state index < -0.39 is 35.6 Å². The summed E-state index contributed by atoms with van der Waals surface area (Å²) in [5.74, 6) is -0.821. The molecule has 0 aliphatic rings. The molecule has 0 fully saturated rings. The summed E-state index contributed by atoms with van der Waals surface area (Å²) in [4.78, 5) is 30.6. The number of anilines is 1. The Bertz CT molecular complexity index is 1940. The maximum Gasteiger partial charge on any atom is 0.416 e. The van der Waals surface area contributed by atoms with Gasteiger partial charge in [-0.05, 0) is 60.7 Å². The third kappa shape index (κ3) is 6.78. The number of nitrogens with one attached hydrogen (secondary N) is 1. The smallest absolute Gasteiger partial charge is 0.416 e. The fourth-order valence-electron chi connectivity index (χ4n) is 4.23. The van der Waals surface area contributed by atoms with Crippen molar-refractivity contribution in [3.05, 3.63) is 117 Å². The Kier molecular flexibility index (Phi) is 8.76. The highest BCUT2D eigenvalue weighted by Crippen LogP contribution is 2.35. The predicted molar refractivity (Wildman–Crippen MR) is 161 cm³/mol. The SMILES string of the molecule is COc1cc(Br)cc(C=Nn2c(-c3cccc(C(F)(F)F)c3)nc3ccccc3c2=O)c1OCC(=O)Nc1ccc(F)cc1. The first-order chi connectivity index (χ1) is 21.0. The van der Waals surface area contributed by atoms with Gasteiger partial charge in [-0.2, -0.15) is 22.9 Å². The summed E-state index contributed by atoms with van der Waals surface area (Å²) in [7, 11) is 1.39. The molecule has 1 N–H and O–H groups in total. The monoisotopic (exact) mass is 668 g/mol. The van der Waals surface area contributed by atoms with E-state index in [9.17, 15) is 27.2 Å². The van der Waals surface area contributed by atoms with Gasteiger partial charge in [0.15, 0.2) is 23.9 Å². The number of rotatable bonds is 8. The number of carbonyl (C=O) groups is 1. The van der Waals surface area contributed by atoms with Crippen LogP contribution in [0.5, 0.6) is 11.5 Å². The van der Waals surface area contributed by atoms with Crippen molar-refractivity contribution in [3.8, 4) is 22.9 Å². The van der Waals surface area contributed by atoms with Gasteiger partial charge >= 0.3 is 6.18 Å². The second kappa shape index (κ2) is 12.7. The largest absolute Gasteiger partial charge is 0.493 e. The molecule has 0 aliphatic carbocycles. The van der Waals surface area contributed by atoms with Crippen molar-refractivity contribution in [2.24, 2.45) is 5.10 Å². The highest BCUT2D eigenvalue weighted by molar-refractivity contribution is 9.10. The summed E-state index contributed by atoms with van der Waals surface area (Å²) in [5.41, 5.74) is -0.630. The van der Waals surface area contributed by atoms with E-state index in [0.717, 1.165) is 16.8 Å². The van der Waals surface area contributed by atoms with Crippen molar-refractivity contribution in [2.75, 3.05) is 19.0 Å². The molecule has 5 aromatic rings. The topological polar surface area (TPSA) is 94.8 Å². The highest BCUT2D eigenvalue weighted by atomic mass is 79.9. The Morgan fingerprint density at radius 1 is 1.05 bits per heavy atom. The van der Waals surface area contributed by atoms with E-state index in [1.165, 1.54) is 55.8 Å². The zero-order valence-corrected chi connectivity index (χ0v) is 24.3. The van der Waals surface area contributed by atoms with Gasteiger partial charge in [-0.3, -0.25) is 9.59 Å². The van der Waals surface area contributed by atoms with Gasteiger partial charge in [0.25, 0.3) is 11.5 Å². The summed E-state index contributed by atoms with van der Waals surface area (Å²) < 4.78 is 66.4. The maximum atomic E-state index is 13.6. The minimum atomic E-state index is -4.62. The van der Waals surface area contributed by atoms with E-state index in [1.807, 2.05) is 0 Å². The first-order valence-electron chi connectivity index (χ1n) is 12.8. The number of ether oxygens (including phenoxy) is 2. The van der Waals surface area contributed by atoms with E-state index >= 15 is 0 Å². The standard InChI is InChI=1S/C31H21BrF4N4O4/c1-43-26-15-21(32)14-19(28(26)44-17-27(41)38-23-11-9-22(33)10-12-23)16-37-40-29(18-5-4-6-20(13-18)31(34,35)36)39-25-8-3-2-7-24(25)30(40)42/h2-16H,17H2,1H3,(H,38,41). The van der Waals surface area contributed by atoms with Crippen LogP contribution in [0.1, 0.15) is 11.1 Å². The molecule has 1 aromatic heterocycles. The number of para-hydroxylation sites is 1. The fourth-order valence-corrected chi connectivity index (χ4v) is 4.69. The summed E-state index contributed by atoms with van der Waals surface area (Å²) in [6.07, 6.45) is -3.38. The molecule has 0 saturated carbocycles. The number of hydrogen-bond acceptors (Lipinski definition) is 6. The van der Waals surface area contributed by atoms with Crippen LogP contribution < -0.4 is 20.3 Å². The van der Waals surface area contributed by atoms with Crippen LogP contribution in [0.2, 0.25) is 0 Å². The molecule has 4 aromatic carbocycles. The van der Waals surface area contributed by atoms with Crippen LogP contribution in [0, 0.1) is 5.82 Å². The molecule has 0 spiro atoms. The van der Waals surface area contributed by atoms with E-state index in [2.05, 4.69) is 31.3 Å². The van der Waals surface area contributed by atoms with Crippen molar-refractivity contribution in [3.63, 3.8) is 0 Å². The molecule has 1 heterocycles. The average Bonchev–Trinajstić information content (AvgIpc) is 3.00.